The zero-order valence-corrected chi connectivity index (χ0v) is 12.9. The Morgan fingerprint density at radius 2 is 1.91 bits per heavy atom. The fourth-order valence-corrected chi connectivity index (χ4v) is 2.74. The first-order valence-corrected chi connectivity index (χ1v) is 7.85. The summed E-state index contributed by atoms with van der Waals surface area (Å²) in [4.78, 5) is 4.22. The maximum Gasteiger partial charge on any atom is 0.212 e. The van der Waals surface area contributed by atoms with Gasteiger partial charge in [-0.1, -0.05) is 48.2 Å². The van der Waals surface area contributed by atoms with Gasteiger partial charge in [0.25, 0.3) is 0 Å². The molecule has 0 saturated carbocycles. The summed E-state index contributed by atoms with van der Waals surface area (Å²) in [5, 5.41) is 13.5. The van der Waals surface area contributed by atoms with Crippen LogP contribution in [0.5, 0.6) is 0 Å². The van der Waals surface area contributed by atoms with Crippen molar-refractivity contribution in [1.29, 1.82) is 0 Å². The largest absolute Gasteiger partial charge is 0.255 e. The molecule has 3 aromatic rings. The summed E-state index contributed by atoms with van der Waals surface area (Å²) >= 11 is 1.61. The SMILES string of the molecule is Cc1nnc(SCc2ccccc2)n1/N=C/c1ccccn1. The molecule has 0 bridgehead atoms. The number of nitrogens with zero attached hydrogens (tertiary/aromatic N) is 5. The van der Waals surface area contributed by atoms with Crippen LogP contribution in [-0.2, 0) is 5.75 Å². The van der Waals surface area contributed by atoms with Gasteiger partial charge in [0.1, 0.15) is 0 Å². The fourth-order valence-electron chi connectivity index (χ4n) is 1.85. The second kappa shape index (κ2) is 7.00. The maximum atomic E-state index is 4.43. The van der Waals surface area contributed by atoms with Gasteiger partial charge in [-0.3, -0.25) is 4.98 Å². The Labute approximate surface area is 133 Å². The zero-order chi connectivity index (χ0) is 15.2. The molecule has 0 saturated heterocycles. The molecule has 0 amide bonds. The minimum atomic E-state index is 0.753. The van der Waals surface area contributed by atoms with Gasteiger partial charge in [0, 0.05) is 11.9 Å². The van der Waals surface area contributed by atoms with Crippen LogP contribution in [-0.4, -0.2) is 26.1 Å². The van der Waals surface area contributed by atoms with E-state index in [2.05, 4.69) is 32.4 Å². The topological polar surface area (TPSA) is 56.0 Å². The highest BCUT2D eigenvalue weighted by Crippen LogP contribution is 2.21. The zero-order valence-electron chi connectivity index (χ0n) is 12.1. The first-order chi connectivity index (χ1) is 10.8. The molecular formula is C16H15N5S. The molecule has 5 nitrogen and oxygen atoms in total. The molecule has 0 N–H and O–H groups in total. The van der Waals surface area contributed by atoms with Crippen LogP contribution < -0.4 is 0 Å². The Morgan fingerprint density at radius 1 is 1.09 bits per heavy atom. The number of hydrogen-bond acceptors (Lipinski definition) is 5. The monoisotopic (exact) mass is 309 g/mol. The lowest BCUT2D eigenvalue weighted by atomic mass is 10.2. The van der Waals surface area contributed by atoms with Crippen molar-refractivity contribution in [3.63, 3.8) is 0 Å². The number of rotatable bonds is 5. The minimum Gasteiger partial charge on any atom is -0.255 e. The van der Waals surface area contributed by atoms with Gasteiger partial charge in [-0.05, 0) is 24.6 Å². The van der Waals surface area contributed by atoms with Crippen LogP contribution in [0.25, 0.3) is 0 Å². The van der Waals surface area contributed by atoms with Crippen molar-refractivity contribution in [3.05, 3.63) is 71.8 Å². The Morgan fingerprint density at radius 3 is 2.68 bits per heavy atom. The van der Waals surface area contributed by atoms with E-state index in [0.717, 1.165) is 22.4 Å². The van der Waals surface area contributed by atoms with E-state index in [1.165, 1.54) is 5.56 Å². The molecule has 0 radical (unpaired) electrons. The third-order valence-corrected chi connectivity index (χ3v) is 3.96. The van der Waals surface area contributed by atoms with Crippen molar-refractivity contribution >= 4 is 18.0 Å². The van der Waals surface area contributed by atoms with Crippen LogP contribution in [0.4, 0.5) is 0 Å². The minimum absolute atomic E-state index is 0.753. The number of thioether (sulfide) groups is 1. The van der Waals surface area contributed by atoms with Crippen molar-refractivity contribution in [2.75, 3.05) is 0 Å². The second-order valence-electron chi connectivity index (χ2n) is 4.62. The smallest absolute Gasteiger partial charge is 0.212 e. The summed E-state index contributed by atoms with van der Waals surface area (Å²) in [5.74, 6) is 1.58. The summed E-state index contributed by atoms with van der Waals surface area (Å²) in [6.45, 7) is 1.88. The van der Waals surface area contributed by atoms with E-state index >= 15 is 0 Å². The molecule has 0 aliphatic heterocycles. The first kappa shape index (κ1) is 14.5. The molecule has 3 rings (SSSR count). The highest BCUT2D eigenvalue weighted by Gasteiger charge is 2.08. The van der Waals surface area contributed by atoms with E-state index in [-0.39, 0.29) is 0 Å². The number of pyridine rings is 1. The Balaban J connectivity index is 1.75. The van der Waals surface area contributed by atoms with Gasteiger partial charge in [-0.25, -0.2) is 0 Å². The van der Waals surface area contributed by atoms with Gasteiger partial charge in [0.15, 0.2) is 5.82 Å². The molecule has 0 fully saturated rings. The van der Waals surface area contributed by atoms with Gasteiger partial charge in [0.2, 0.25) is 5.16 Å². The standard InChI is InChI=1S/C16H15N5S/c1-13-19-20-16(22-12-14-7-3-2-4-8-14)21(13)18-11-15-9-5-6-10-17-15/h2-11H,12H2,1H3/b18-11+. The predicted molar refractivity (Wildman–Crippen MR) is 88.0 cm³/mol. The van der Waals surface area contributed by atoms with E-state index in [1.807, 2.05) is 43.3 Å². The van der Waals surface area contributed by atoms with E-state index in [4.69, 9.17) is 0 Å². The van der Waals surface area contributed by atoms with Crippen molar-refractivity contribution < 1.29 is 0 Å². The molecule has 0 aliphatic rings. The van der Waals surface area contributed by atoms with E-state index in [0.29, 0.717) is 0 Å². The highest BCUT2D eigenvalue weighted by atomic mass is 32.2. The van der Waals surface area contributed by atoms with Gasteiger partial charge in [-0.2, -0.15) is 9.78 Å². The van der Waals surface area contributed by atoms with E-state index in [9.17, 15) is 0 Å². The molecule has 2 heterocycles. The lowest BCUT2D eigenvalue weighted by Gasteiger charge is -2.02. The van der Waals surface area contributed by atoms with Crippen LogP contribution in [0.1, 0.15) is 17.1 Å². The molecule has 0 unspecified atom stereocenters. The molecule has 22 heavy (non-hydrogen) atoms. The number of benzene rings is 1. The third-order valence-electron chi connectivity index (χ3n) is 2.97. The molecule has 0 spiro atoms. The summed E-state index contributed by atoms with van der Waals surface area (Å²) in [7, 11) is 0. The van der Waals surface area contributed by atoms with Gasteiger partial charge >= 0.3 is 0 Å². The molecule has 110 valence electrons. The molecule has 2 aromatic heterocycles. The Hall–Kier alpha value is -2.47. The average Bonchev–Trinajstić information content (AvgIpc) is 2.93. The van der Waals surface area contributed by atoms with Crippen LogP contribution in [0.3, 0.4) is 0 Å². The molecule has 0 atom stereocenters. The van der Waals surface area contributed by atoms with Crippen LogP contribution in [0.2, 0.25) is 0 Å². The van der Waals surface area contributed by atoms with E-state index in [1.54, 1.807) is 28.8 Å². The first-order valence-electron chi connectivity index (χ1n) is 6.87. The van der Waals surface area contributed by atoms with Crippen LogP contribution >= 0.6 is 11.8 Å². The summed E-state index contributed by atoms with van der Waals surface area (Å²) < 4.78 is 1.74. The maximum absolute atomic E-state index is 4.43. The summed E-state index contributed by atoms with van der Waals surface area (Å²) in [5.41, 5.74) is 2.04. The Kier molecular flexibility index (Phi) is 4.60. The molecular weight excluding hydrogens is 294 g/mol. The second-order valence-corrected chi connectivity index (χ2v) is 5.56. The van der Waals surface area contributed by atoms with Crippen molar-refractivity contribution in [1.82, 2.24) is 19.9 Å². The average molecular weight is 309 g/mol. The fraction of sp³-hybridized carbons (Fsp3) is 0.125. The molecule has 1 aromatic carbocycles. The molecule has 6 heteroatoms. The lowest BCUT2D eigenvalue weighted by molar-refractivity contribution is 0.743. The van der Waals surface area contributed by atoms with Crippen molar-refractivity contribution in [3.8, 4) is 0 Å². The van der Waals surface area contributed by atoms with Crippen molar-refractivity contribution in [2.24, 2.45) is 5.10 Å². The van der Waals surface area contributed by atoms with Gasteiger partial charge in [-0.15, -0.1) is 10.2 Å². The summed E-state index contributed by atoms with van der Waals surface area (Å²) in [6, 6.07) is 16.0. The van der Waals surface area contributed by atoms with Crippen LogP contribution in [0.15, 0.2) is 65.0 Å². The quantitative estimate of drug-likeness (QED) is 0.536. The number of aromatic nitrogens is 4. The normalized spacial score (nSPS) is 11.1. The third kappa shape index (κ3) is 3.59. The van der Waals surface area contributed by atoms with Gasteiger partial charge < -0.3 is 0 Å². The number of aryl methyl sites for hydroxylation is 1. The highest BCUT2D eigenvalue weighted by molar-refractivity contribution is 7.98. The molecule has 0 aliphatic carbocycles. The van der Waals surface area contributed by atoms with Gasteiger partial charge in [0.05, 0.1) is 11.9 Å². The Bertz CT molecular complexity index is 753. The van der Waals surface area contributed by atoms with Crippen LogP contribution in [0, 0.1) is 6.92 Å². The lowest BCUT2D eigenvalue weighted by Crippen LogP contribution is -1.97. The van der Waals surface area contributed by atoms with Crippen molar-refractivity contribution in [2.45, 2.75) is 17.8 Å². The number of hydrogen-bond donors (Lipinski definition) is 0. The summed E-state index contributed by atoms with van der Waals surface area (Å²) in [6.07, 6.45) is 3.45. The van der Waals surface area contributed by atoms with E-state index < -0.39 is 0 Å². The predicted octanol–water partition coefficient (Wildman–Crippen LogP) is 3.16.